The van der Waals surface area contributed by atoms with E-state index in [9.17, 15) is 9.59 Å². The highest BCUT2D eigenvalue weighted by molar-refractivity contribution is 7.99. The Balaban J connectivity index is 1.34. The highest BCUT2D eigenvalue weighted by Gasteiger charge is 2.30. The highest BCUT2D eigenvalue weighted by atomic mass is 32.2. The fourth-order valence-corrected chi connectivity index (χ4v) is 4.81. The monoisotopic (exact) mass is 370 g/mol. The summed E-state index contributed by atoms with van der Waals surface area (Å²) in [6.45, 7) is 1.18. The molecular weight excluding hydrogens is 348 g/mol. The number of carbonyl (C=O) groups excluding carboxylic acids is 2. The van der Waals surface area contributed by atoms with Gasteiger partial charge in [0.25, 0.3) is 5.91 Å². The lowest BCUT2D eigenvalue weighted by Gasteiger charge is -2.32. The summed E-state index contributed by atoms with van der Waals surface area (Å²) in [6, 6.07) is 11.8. The molecule has 26 heavy (non-hydrogen) atoms. The molecular formula is C20H22N2O3S. The standard InChI is InChI=1S/C20H22N2O3S/c23-19(21-16-9-13-26-18-6-2-1-4-15(16)18)14-7-10-22(11-8-14)20(24)17-5-3-12-25-17/h1-6,12,14,16H,7-11,13H2,(H,21,23)/t16-/m1/s1. The van der Waals surface area contributed by atoms with Crippen molar-refractivity contribution in [3.8, 4) is 0 Å². The summed E-state index contributed by atoms with van der Waals surface area (Å²) in [7, 11) is 0. The van der Waals surface area contributed by atoms with Gasteiger partial charge in [0.2, 0.25) is 5.91 Å². The Kier molecular flexibility index (Phi) is 5.02. The van der Waals surface area contributed by atoms with Gasteiger partial charge in [0, 0.05) is 29.7 Å². The van der Waals surface area contributed by atoms with E-state index >= 15 is 0 Å². The van der Waals surface area contributed by atoms with Crippen molar-refractivity contribution in [2.45, 2.75) is 30.2 Å². The van der Waals surface area contributed by atoms with Crippen LogP contribution >= 0.6 is 11.8 Å². The van der Waals surface area contributed by atoms with Gasteiger partial charge in [-0.3, -0.25) is 9.59 Å². The third-order valence-corrected chi connectivity index (χ3v) is 6.28. The normalized spacial score (nSPS) is 20.5. The number of likely N-dealkylation sites (tertiary alicyclic amines) is 1. The third kappa shape index (κ3) is 3.51. The molecule has 3 heterocycles. The minimum Gasteiger partial charge on any atom is -0.459 e. The van der Waals surface area contributed by atoms with Gasteiger partial charge in [0.15, 0.2) is 5.76 Å². The van der Waals surface area contributed by atoms with Crippen LogP contribution in [0.15, 0.2) is 52.0 Å². The van der Waals surface area contributed by atoms with Gasteiger partial charge in [-0.2, -0.15) is 0 Å². The number of rotatable bonds is 3. The minimum absolute atomic E-state index is 0.0302. The molecule has 5 nitrogen and oxygen atoms in total. The van der Waals surface area contributed by atoms with Crippen molar-refractivity contribution in [1.29, 1.82) is 0 Å². The average Bonchev–Trinajstić information content (AvgIpc) is 3.23. The summed E-state index contributed by atoms with van der Waals surface area (Å²) in [5, 5.41) is 3.24. The van der Waals surface area contributed by atoms with Crippen molar-refractivity contribution in [2.75, 3.05) is 18.8 Å². The quantitative estimate of drug-likeness (QED) is 0.898. The molecule has 6 heteroatoms. The Morgan fingerprint density at radius 2 is 1.88 bits per heavy atom. The predicted molar refractivity (Wildman–Crippen MR) is 100 cm³/mol. The van der Waals surface area contributed by atoms with Crippen molar-refractivity contribution < 1.29 is 14.0 Å². The van der Waals surface area contributed by atoms with Crippen LogP contribution in [0.3, 0.4) is 0 Å². The van der Waals surface area contributed by atoms with Gasteiger partial charge in [-0.25, -0.2) is 0 Å². The molecule has 2 amide bonds. The number of furan rings is 1. The van der Waals surface area contributed by atoms with Crippen LogP contribution in [-0.2, 0) is 4.79 Å². The predicted octanol–water partition coefficient (Wildman–Crippen LogP) is 3.49. The fourth-order valence-electron chi connectivity index (χ4n) is 3.68. The molecule has 0 saturated carbocycles. The third-order valence-electron chi connectivity index (χ3n) is 5.16. The molecule has 1 N–H and O–H groups in total. The molecule has 2 aromatic rings. The zero-order chi connectivity index (χ0) is 17.9. The minimum atomic E-state index is -0.0907. The first-order chi connectivity index (χ1) is 12.7. The van der Waals surface area contributed by atoms with Crippen LogP contribution in [0.5, 0.6) is 0 Å². The van der Waals surface area contributed by atoms with Crippen LogP contribution < -0.4 is 5.32 Å². The van der Waals surface area contributed by atoms with E-state index in [0.29, 0.717) is 31.7 Å². The number of hydrogen-bond donors (Lipinski definition) is 1. The Hall–Kier alpha value is -2.21. The lowest BCUT2D eigenvalue weighted by atomic mass is 9.94. The number of nitrogens with one attached hydrogen (secondary N) is 1. The fraction of sp³-hybridized carbons (Fsp3) is 0.400. The molecule has 2 aliphatic rings. The highest BCUT2D eigenvalue weighted by Crippen LogP contribution is 2.36. The first-order valence-electron chi connectivity index (χ1n) is 9.07. The molecule has 1 fully saturated rings. The van der Waals surface area contributed by atoms with E-state index in [-0.39, 0.29) is 23.8 Å². The Morgan fingerprint density at radius 1 is 1.08 bits per heavy atom. The Labute approximate surface area is 157 Å². The number of amides is 2. The second-order valence-corrected chi connectivity index (χ2v) is 7.92. The molecule has 1 atom stereocenters. The SMILES string of the molecule is O=C(N[C@@H]1CCSc2ccccc21)C1CCN(C(=O)c2ccco2)CC1. The lowest BCUT2D eigenvalue weighted by molar-refractivity contribution is -0.127. The molecule has 0 radical (unpaired) electrons. The number of thioether (sulfide) groups is 1. The van der Waals surface area contributed by atoms with E-state index in [2.05, 4.69) is 17.4 Å². The van der Waals surface area contributed by atoms with E-state index in [1.807, 2.05) is 23.9 Å². The molecule has 2 aliphatic heterocycles. The van der Waals surface area contributed by atoms with E-state index < -0.39 is 0 Å². The van der Waals surface area contributed by atoms with Gasteiger partial charge >= 0.3 is 0 Å². The van der Waals surface area contributed by atoms with Crippen LogP contribution in [0.1, 0.15) is 41.4 Å². The van der Waals surface area contributed by atoms with Gasteiger partial charge in [-0.05, 0) is 43.0 Å². The molecule has 0 bridgehead atoms. The maximum absolute atomic E-state index is 12.7. The van der Waals surface area contributed by atoms with Crippen molar-refractivity contribution in [3.63, 3.8) is 0 Å². The molecule has 0 aliphatic carbocycles. The van der Waals surface area contributed by atoms with Crippen LogP contribution in [0.4, 0.5) is 0 Å². The summed E-state index contributed by atoms with van der Waals surface area (Å²) < 4.78 is 5.18. The summed E-state index contributed by atoms with van der Waals surface area (Å²) in [6.07, 6.45) is 3.86. The van der Waals surface area contributed by atoms with E-state index in [1.165, 1.54) is 16.7 Å². The Bertz CT molecular complexity index is 782. The largest absolute Gasteiger partial charge is 0.459 e. The van der Waals surface area contributed by atoms with Gasteiger partial charge in [0.05, 0.1) is 12.3 Å². The number of carbonyl (C=O) groups is 2. The summed E-state index contributed by atoms with van der Waals surface area (Å²) in [4.78, 5) is 28.1. The molecule has 1 saturated heterocycles. The number of hydrogen-bond acceptors (Lipinski definition) is 4. The van der Waals surface area contributed by atoms with Gasteiger partial charge in [0.1, 0.15) is 0 Å². The molecule has 0 spiro atoms. The summed E-state index contributed by atoms with van der Waals surface area (Å²) in [5.74, 6) is 1.38. The first kappa shape index (κ1) is 17.2. The maximum Gasteiger partial charge on any atom is 0.289 e. The maximum atomic E-state index is 12.7. The van der Waals surface area contributed by atoms with Crippen LogP contribution in [0.25, 0.3) is 0 Å². The van der Waals surface area contributed by atoms with Crippen molar-refractivity contribution in [2.24, 2.45) is 5.92 Å². The van der Waals surface area contributed by atoms with Crippen molar-refractivity contribution in [1.82, 2.24) is 10.2 Å². The molecule has 0 unspecified atom stereocenters. The second kappa shape index (κ2) is 7.58. The van der Waals surface area contributed by atoms with E-state index in [4.69, 9.17) is 4.42 Å². The zero-order valence-corrected chi connectivity index (χ0v) is 15.3. The molecule has 1 aromatic carbocycles. The van der Waals surface area contributed by atoms with Crippen molar-refractivity contribution >= 4 is 23.6 Å². The smallest absolute Gasteiger partial charge is 0.289 e. The van der Waals surface area contributed by atoms with Crippen molar-refractivity contribution in [3.05, 3.63) is 54.0 Å². The molecule has 1 aromatic heterocycles. The molecule has 136 valence electrons. The topological polar surface area (TPSA) is 62.6 Å². The number of nitrogens with zero attached hydrogens (tertiary/aromatic N) is 1. The van der Waals surface area contributed by atoms with Crippen LogP contribution in [0, 0.1) is 5.92 Å². The van der Waals surface area contributed by atoms with Crippen LogP contribution in [-0.4, -0.2) is 35.6 Å². The summed E-state index contributed by atoms with van der Waals surface area (Å²) in [5.41, 5.74) is 1.22. The summed E-state index contributed by atoms with van der Waals surface area (Å²) >= 11 is 1.85. The second-order valence-electron chi connectivity index (χ2n) is 6.78. The van der Waals surface area contributed by atoms with Gasteiger partial charge < -0.3 is 14.6 Å². The number of fused-ring (bicyclic) bond motifs is 1. The number of piperidine rings is 1. The lowest BCUT2D eigenvalue weighted by Crippen LogP contribution is -2.44. The number of benzene rings is 1. The molecule has 4 rings (SSSR count). The van der Waals surface area contributed by atoms with Gasteiger partial charge in [-0.15, -0.1) is 11.8 Å². The van der Waals surface area contributed by atoms with Crippen LogP contribution in [0.2, 0.25) is 0 Å². The van der Waals surface area contributed by atoms with Gasteiger partial charge in [-0.1, -0.05) is 18.2 Å². The first-order valence-corrected chi connectivity index (χ1v) is 10.1. The average molecular weight is 370 g/mol. The van der Waals surface area contributed by atoms with E-state index in [0.717, 1.165) is 12.2 Å². The van der Waals surface area contributed by atoms with E-state index in [1.54, 1.807) is 17.0 Å². The Morgan fingerprint density at radius 3 is 2.65 bits per heavy atom. The zero-order valence-electron chi connectivity index (χ0n) is 14.5.